The lowest BCUT2D eigenvalue weighted by atomic mass is 11.0. The molecular formula is C4H8FN3OS. The van der Waals surface area contributed by atoms with Gasteiger partial charge < -0.3 is 10.1 Å². The van der Waals surface area contributed by atoms with Crippen LogP contribution in [0, 0.1) is 0 Å². The van der Waals surface area contributed by atoms with Crippen molar-refractivity contribution in [1.29, 1.82) is 0 Å². The summed E-state index contributed by atoms with van der Waals surface area (Å²) in [6.07, 6.45) is 0. The van der Waals surface area contributed by atoms with E-state index < -0.39 is 0 Å². The van der Waals surface area contributed by atoms with Crippen LogP contribution in [0.1, 0.15) is 0 Å². The molecule has 0 aromatic carbocycles. The van der Waals surface area contributed by atoms with Gasteiger partial charge >= 0.3 is 0 Å². The predicted octanol–water partition coefficient (Wildman–Crippen LogP) is -0.0328. The molecule has 0 unspecified atom stereocenters. The molecule has 0 saturated heterocycles. The Morgan fingerprint density at radius 1 is 1.90 bits per heavy atom. The molecule has 0 aliphatic rings. The first-order valence-corrected chi connectivity index (χ1v) is 2.86. The maximum atomic E-state index is 11.2. The second-order valence-electron chi connectivity index (χ2n) is 1.28. The van der Waals surface area contributed by atoms with Crippen LogP contribution in [0.15, 0.2) is 5.10 Å². The minimum atomic E-state index is 0.112. The molecule has 4 nitrogen and oxygen atoms in total. The van der Waals surface area contributed by atoms with Crippen LogP contribution in [0.3, 0.4) is 0 Å². The van der Waals surface area contributed by atoms with Crippen molar-refractivity contribution in [2.24, 2.45) is 5.10 Å². The van der Waals surface area contributed by atoms with Gasteiger partial charge in [-0.2, -0.15) is 9.49 Å². The third kappa shape index (κ3) is 5.39. The second-order valence-corrected chi connectivity index (χ2v) is 1.69. The molecule has 10 heavy (non-hydrogen) atoms. The fourth-order valence-corrected chi connectivity index (χ4v) is 0.372. The van der Waals surface area contributed by atoms with E-state index in [9.17, 15) is 4.39 Å². The largest absolute Gasteiger partial charge is 0.365 e. The number of methoxy groups -OCH3 is 1. The molecule has 0 spiro atoms. The number of halogens is 1. The van der Waals surface area contributed by atoms with Gasteiger partial charge in [0.15, 0.2) is 11.6 Å². The van der Waals surface area contributed by atoms with Gasteiger partial charge in [0.1, 0.15) is 6.73 Å². The van der Waals surface area contributed by atoms with E-state index in [1.165, 1.54) is 7.11 Å². The zero-order valence-corrected chi connectivity index (χ0v) is 6.24. The molecule has 0 aromatic rings. The van der Waals surface area contributed by atoms with Gasteiger partial charge in [-0.1, -0.05) is 0 Å². The third-order valence-electron chi connectivity index (χ3n) is 0.592. The molecule has 0 aromatic heterocycles. The molecular weight excluding hydrogens is 157 g/mol. The average molecular weight is 165 g/mol. The van der Waals surface area contributed by atoms with Gasteiger partial charge in [0, 0.05) is 7.11 Å². The first-order valence-electron chi connectivity index (χ1n) is 2.45. The molecule has 0 atom stereocenters. The highest BCUT2D eigenvalue weighted by Gasteiger charge is 1.87. The summed E-state index contributed by atoms with van der Waals surface area (Å²) >= 11 is 4.60. The smallest absolute Gasteiger partial charge is 0.195 e. The first kappa shape index (κ1) is 9.25. The topological polar surface area (TPSA) is 45.6 Å². The van der Waals surface area contributed by atoms with Gasteiger partial charge in [0.25, 0.3) is 0 Å². The van der Waals surface area contributed by atoms with Crippen LogP contribution in [0.5, 0.6) is 0 Å². The van der Waals surface area contributed by atoms with Crippen molar-refractivity contribution in [3.05, 3.63) is 0 Å². The standard InChI is InChI=1S/C4H8FN3OS/c1-9-3-6-4(10)8-7-2-5/h2H,3H2,1H3,(H2,6,8,10). The van der Waals surface area contributed by atoms with E-state index >= 15 is 0 Å². The highest BCUT2D eigenvalue weighted by atomic mass is 32.1. The van der Waals surface area contributed by atoms with E-state index in [2.05, 4.69) is 32.8 Å². The number of hydrogen-bond acceptors (Lipinski definition) is 3. The summed E-state index contributed by atoms with van der Waals surface area (Å²) in [4.78, 5) is 0. The van der Waals surface area contributed by atoms with Crippen molar-refractivity contribution in [2.45, 2.75) is 0 Å². The summed E-state index contributed by atoms with van der Waals surface area (Å²) in [5, 5.41) is 5.83. The van der Waals surface area contributed by atoms with Crippen LogP contribution < -0.4 is 10.7 Å². The van der Waals surface area contributed by atoms with Crippen LogP contribution in [0.2, 0.25) is 0 Å². The van der Waals surface area contributed by atoms with Gasteiger partial charge in [-0.15, -0.1) is 0 Å². The lowest BCUT2D eigenvalue weighted by Crippen LogP contribution is -2.33. The average Bonchev–Trinajstić information content (AvgIpc) is 1.97. The number of thiocarbonyl (C=S) groups is 1. The summed E-state index contributed by atoms with van der Waals surface area (Å²) in [6, 6.07) is 0. The molecule has 0 radical (unpaired) electrons. The maximum absolute atomic E-state index is 11.2. The molecule has 0 heterocycles. The van der Waals surface area contributed by atoms with E-state index in [4.69, 9.17) is 0 Å². The van der Waals surface area contributed by atoms with E-state index in [-0.39, 0.29) is 18.3 Å². The summed E-state index contributed by atoms with van der Waals surface area (Å²) < 4.78 is 15.8. The first-order chi connectivity index (χ1) is 4.81. The summed E-state index contributed by atoms with van der Waals surface area (Å²) in [6.45, 7) is 0.383. The highest BCUT2D eigenvalue weighted by Crippen LogP contribution is 1.66. The maximum Gasteiger partial charge on any atom is 0.195 e. The number of rotatable bonds is 3. The molecule has 0 aliphatic heterocycles. The number of hydrogen-bond donors (Lipinski definition) is 2. The summed E-state index contributed by atoms with van der Waals surface area (Å²) in [7, 11) is 1.51. The molecule has 0 rings (SSSR count). The van der Waals surface area contributed by atoms with E-state index in [1.807, 2.05) is 0 Å². The van der Waals surface area contributed by atoms with Crippen molar-refractivity contribution in [1.82, 2.24) is 10.7 Å². The molecule has 2 N–H and O–H groups in total. The van der Waals surface area contributed by atoms with E-state index in [0.29, 0.717) is 0 Å². The van der Waals surface area contributed by atoms with Crippen molar-refractivity contribution < 1.29 is 9.13 Å². The van der Waals surface area contributed by atoms with Crippen LogP contribution in [0.25, 0.3) is 0 Å². The zero-order chi connectivity index (χ0) is 7.82. The Labute approximate surface area is 63.4 Å². The van der Waals surface area contributed by atoms with E-state index in [1.54, 1.807) is 0 Å². The van der Waals surface area contributed by atoms with Gasteiger partial charge in [-0.3, -0.25) is 5.43 Å². The summed E-state index contributed by atoms with van der Waals surface area (Å²) in [5.41, 5.74) is 2.20. The molecule has 0 aliphatic carbocycles. The molecule has 0 fully saturated rings. The second kappa shape index (κ2) is 6.37. The molecule has 58 valence electrons. The summed E-state index contributed by atoms with van der Waals surface area (Å²) in [5.74, 6) is 0. The molecule has 0 saturated carbocycles. The number of ether oxygens (including phenoxy) is 1. The lowest BCUT2D eigenvalue weighted by Gasteiger charge is -2.03. The van der Waals surface area contributed by atoms with Gasteiger partial charge in [0.05, 0.1) is 0 Å². The fraction of sp³-hybridized carbons (Fsp3) is 0.500. The monoisotopic (exact) mass is 165 g/mol. The number of hydrazone groups is 1. The Bertz CT molecular complexity index is 130. The van der Waals surface area contributed by atoms with Crippen molar-refractivity contribution in [2.75, 3.05) is 13.8 Å². The molecule has 0 amide bonds. The highest BCUT2D eigenvalue weighted by molar-refractivity contribution is 7.80. The zero-order valence-electron chi connectivity index (χ0n) is 5.43. The quantitative estimate of drug-likeness (QED) is 0.267. The van der Waals surface area contributed by atoms with E-state index in [0.717, 1.165) is 0 Å². The predicted molar refractivity (Wildman–Crippen MR) is 40.3 cm³/mol. The Balaban J connectivity index is 3.25. The minimum Gasteiger partial charge on any atom is -0.365 e. The SMILES string of the molecule is COCNC(=S)NN=CF. The van der Waals surface area contributed by atoms with Gasteiger partial charge in [0.2, 0.25) is 0 Å². The van der Waals surface area contributed by atoms with Gasteiger partial charge in [-0.25, -0.2) is 0 Å². The van der Waals surface area contributed by atoms with Crippen molar-refractivity contribution in [3.8, 4) is 0 Å². The molecule has 6 heteroatoms. The Morgan fingerprint density at radius 2 is 2.60 bits per heavy atom. The van der Waals surface area contributed by atoms with Crippen molar-refractivity contribution >= 4 is 23.8 Å². The normalized spacial score (nSPS) is 9.80. The van der Waals surface area contributed by atoms with Crippen LogP contribution >= 0.6 is 12.2 Å². The number of nitrogens with zero attached hydrogens (tertiary/aromatic N) is 1. The minimum absolute atomic E-state index is 0.112. The van der Waals surface area contributed by atoms with Crippen molar-refractivity contribution in [3.63, 3.8) is 0 Å². The Hall–Kier alpha value is -0.750. The van der Waals surface area contributed by atoms with Crippen LogP contribution in [-0.4, -0.2) is 25.4 Å². The van der Waals surface area contributed by atoms with Crippen LogP contribution in [-0.2, 0) is 4.74 Å². The Morgan fingerprint density at radius 3 is 3.10 bits per heavy atom. The lowest BCUT2D eigenvalue weighted by molar-refractivity contribution is 0.192. The number of nitrogens with one attached hydrogen (secondary N) is 2. The third-order valence-corrected chi connectivity index (χ3v) is 0.828. The Kier molecular flexibility index (Phi) is 5.89. The van der Waals surface area contributed by atoms with Crippen LogP contribution in [0.4, 0.5) is 4.39 Å². The molecule has 0 bridgehead atoms. The fourth-order valence-electron chi connectivity index (χ4n) is 0.260. The van der Waals surface area contributed by atoms with Gasteiger partial charge in [-0.05, 0) is 12.2 Å².